The Hall–Kier alpha value is -1.27. The summed E-state index contributed by atoms with van der Waals surface area (Å²) in [6.45, 7) is 1.59. The van der Waals surface area contributed by atoms with Gasteiger partial charge in [0.2, 0.25) is 0 Å². The van der Waals surface area contributed by atoms with Gasteiger partial charge in [-0.05, 0) is 0 Å². The molecule has 1 atom stereocenters. The van der Waals surface area contributed by atoms with Crippen molar-refractivity contribution in [3.63, 3.8) is 0 Å². The number of rotatable bonds is 2. The first-order valence-electron chi connectivity index (χ1n) is 4.09. The van der Waals surface area contributed by atoms with Gasteiger partial charge >= 0.3 is 0 Å². The number of nitrogens with one attached hydrogen (secondary N) is 2. The lowest BCUT2D eigenvalue weighted by molar-refractivity contribution is 0.0267. The van der Waals surface area contributed by atoms with Crippen LogP contribution >= 0.6 is 0 Å². The fourth-order valence-electron chi connectivity index (χ4n) is 1.43. The molecule has 1 saturated heterocycles. The van der Waals surface area contributed by atoms with E-state index in [0.717, 1.165) is 18.8 Å². The summed E-state index contributed by atoms with van der Waals surface area (Å²) in [7, 11) is 1.55. The van der Waals surface area contributed by atoms with Gasteiger partial charge in [0.15, 0.2) is 0 Å². The summed E-state index contributed by atoms with van der Waals surface area (Å²) in [6, 6.07) is 0.165. The fourth-order valence-corrected chi connectivity index (χ4v) is 1.43. The molecule has 2 rings (SSSR count). The lowest BCUT2D eigenvalue weighted by Gasteiger charge is -2.20. The first-order chi connectivity index (χ1) is 6.42. The summed E-state index contributed by atoms with van der Waals surface area (Å²) in [5.74, 6) is 0. The maximum absolute atomic E-state index is 4.87. The van der Waals surface area contributed by atoms with Gasteiger partial charge in [-0.3, -0.25) is 5.01 Å². The molecule has 0 aromatic carbocycles. The van der Waals surface area contributed by atoms with Crippen LogP contribution in [0.2, 0.25) is 0 Å². The number of hydrogen-bond acceptors (Lipinski definition) is 6. The van der Waals surface area contributed by atoms with Gasteiger partial charge in [0.25, 0.3) is 0 Å². The van der Waals surface area contributed by atoms with E-state index in [1.807, 2.05) is 11.2 Å². The molecule has 6 nitrogen and oxygen atoms in total. The van der Waals surface area contributed by atoms with Crippen LogP contribution in [0.5, 0.6) is 0 Å². The van der Waals surface area contributed by atoms with Gasteiger partial charge in [-0.25, -0.2) is 0 Å². The zero-order valence-electron chi connectivity index (χ0n) is 7.36. The Balaban J connectivity index is 2.04. The third-order valence-corrected chi connectivity index (χ3v) is 2.02. The summed E-state index contributed by atoms with van der Waals surface area (Å²) in [5, 5.41) is 8.98. The van der Waals surface area contributed by atoms with Crippen LogP contribution in [0.25, 0.3) is 0 Å². The van der Waals surface area contributed by atoms with Crippen molar-refractivity contribution in [2.45, 2.75) is 6.04 Å². The largest absolute Gasteiger partial charge is 0.399 e. The van der Waals surface area contributed by atoms with E-state index in [2.05, 4.69) is 16.1 Å². The van der Waals surface area contributed by atoms with Crippen LogP contribution in [-0.2, 0) is 9.68 Å². The molecule has 0 aromatic heterocycles. The fraction of sp³-hybridized carbons (Fsp3) is 0.571. The van der Waals surface area contributed by atoms with Crippen LogP contribution < -0.4 is 10.9 Å². The highest BCUT2D eigenvalue weighted by molar-refractivity contribution is 5.93. The number of oxime groups is 1. The van der Waals surface area contributed by atoms with E-state index < -0.39 is 0 Å². The van der Waals surface area contributed by atoms with Gasteiger partial charge in [-0.15, -0.1) is 0 Å². The highest BCUT2D eigenvalue weighted by atomic mass is 16.7. The molecular weight excluding hydrogens is 172 g/mol. The minimum Gasteiger partial charge on any atom is -0.399 e. The second kappa shape index (κ2) is 3.63. The normalized spacial score (nSPS) is 29.8. The first kappa shape index (κ1) is 8.33. The smallest absolute Gasteiger partial charge is 0.131 e. The summed E-state index contributed by atoms with van der Waals surface area (Å²) >= 11 is 0. The molecule has 0 radical (unpaired) electrons. The van der Waals surface area contributed by atoms with Crippen molar-refractivity contribution in [3.8, 4) is 0 Å². The van der Waals surface area contributed by atoms with Crippen molar-refractivity contribution in [1.82, 2.24) is 15.9 Å². The van der Waals surface area contributed by atoms with Gasteiger partial charge in [-0.2, -0.15) is 0 Å². The molecule has 13 heavy (non-hydrogen) atoms. The molecule has 1 fully saturated rings. The van der Waals surface area contributed by atoms with E-state index in [1.165, 1.54) is 0 Å². The Bertz CT molecular complexity index is 241. The maximum Gasteiger partial charge on any atom is 0.131 e. The third-order valence-electron chi connectivity index (χ3n) is 2.02. The SMILES string of the molecule is CON=C1CNCC1N1C=CON1. The average Bonchev–Trinajstić information content (AvgIpc) is 2.71. The monoisotopic (exact) mass is 184 g/mol. The molecule has 0 amide bonds. The Labute approximate surface area is 76.1 Å². The topological polar surface area (TPSA) is 58.1 Å². The molecule has 0 aliphatic carbocycles. The molecule has 1 unspecified atom stereocenters. The molecule has 2 N–H and O–H groups in total. The molecule has 2 aliphatic heterocycles. The predicted octanol–water partition coefficient (Wildman–Crippen LogP) is -0.816. The second-order valence-corrected chi connectivity index (χ2v) is 2.81. The van der Waals surface area contributed by atoms with Crippen LogP contribution in [-0.4, -0.2) is 37.0 Å². The third kappa shape index (κ3) is 1.58. The summed E-state index contributed by atoms with van der Waals surface area (Å²) in [6.07, 6.45) is 3.41. The van der Waals surface area contributed by atoms with Crippen molar-refractivity contribution >= 4 is 5.71 Å². The first-order valence-corrected chi connectivity index (χ1v) is 4.09. The van der Waals surface area contributed by atoms with Crippen LogP contribution in [0.1, 0.15) is 0 Å². The second-order valence-electron chi connectivity index (χ2n) is 2.81. The van der Waals surface area contributed by atoms with E-state index in [4.69, 9.17) is 9.68 Å². The van der Waals surface area contributed by atoms with E-state index in [9.17, 15) is 0 Å². The standard InChI is InChI=1S/C7H12N4O2/c1-12-9-6-4-8-5-7(6)11-2-3-13-10-11/h2-3,7-8,10H,4-5H2,1H3. The molecule has 72 valence electrons. The molecule has 0 saturated carbocycles. The number of hydrogen-bond donors (Lipinski definition) is 2. The van der Waals surface area contributed by atoms with E-state index in [0.29, 0.717) is 0 Å². The van der Waals surface area contributed by atoms with Crippen LogP contribution in [0.3, 0.4) is 0 Å². The van der Waals surface area contributed by atoms with Crippen molar-refractivity contribution in [1.29, 1.82) is 0 Å². The van der Waals surface area contributed by atoms with Crippen LogP contribution in [0.15, 0.2) is 17.6 Å². The highest BCUT2D eigenvalue weighted by Gasteiger charge is 2.29. The zero-order valence-corrected chi connectivity index (χ0v) is 7.36. The van der Waals surface area contributed by atoms with Crippen LogP contribution in [0, 0.1) is 0 Å². The molecular formula is C7H12N4O2. The van der Waals surface area contributed by atoms with Crippen molar-refractivity contribution < 1.29 is 9.68 Å². The number of nitrogens with zero attached hydrogens (tertiary/aromatic N) is 2. The van der Waals surface area contributed by atoms with Crippen molar-refractivity contribution in [2.75, 3.05) is 20.2 Å². The lowest BCUT2D eigenvalue weighted by Crippen LogP contribution is -2.43. The van der Waals surface area contributed by atoms with Gasteiger partial charge in [-0.1, -0.05) is 10.7 Å². The summed E-state index contributed by atoms with van der Waals surface area (Å²) in [4.78, 5) is 9.61. The summed E-state index contributed by atoms with van der Waals surface area (Å²) < 4.78 is 0. The van der Waals surface area contributed by atoms with Gasteiger partial charge in [0.05, 0.1) is 11.9 Å². The highest BCUT2D eigenvalue weighted by Crippen LogP contribution is 2.08. The zero-order chi connectivity index (χ0) is 9.10. The Morgan fingerprint density at radius 2 is 2.69 bits per heavy atom. The number of hydrazine groups is 1. The molecule has 2 aliphatic rings. The molecule has 0 aromatic rings. The maximum atomic E-state index is 4.87. The Kier molecular flexibility index (Phi) is 2.33. The van der Waals surface area contributed by atoms with Crippen molar-refractivity contribution in [3.05, 3.63) is 12.5 Å². The minimum atomic E-state index is 0.165. The van der Waals surface area contributed by atoms with Crippen molar-refractivity contribution in [2.24, 2.45) is 5.16 Å². The molecule has 6 heteroatoms. The molecule has 0 spiro atoms. The van der Waals surface area contributed by atoms with E-state index in [1.54, 1.807) is 13.4 Å². The Morgan fingerprint density at radius 3 is 3.38 bits per heavy atom. The van der Waals surface area contributed by atoms with E-state index in [-0.39, 0.29) is 6.04 Å². The van der Waals surface area contributed by atoms with Crippen LogP contribution in [0.4, 0.5) is 0 Å². The molecule has 2 heterocycles. The quantitative estimate of drug-likeness (QED) is 0.549. The predicted molar refractivity (Wildman–Crippen MR) is 46.3 cm³/mol. The minimum absolute atomic E-state index is 0.165. The van der Waals surface area contributed by atoms with Gasteiger partial charge < -0.3 is 15.0 Å². The summed E-state index contributed by atoms with van der Waals surface area (Å²) in [5.41, 5.74) is 3.70. The Morgan fingerprint density at radius 1 is 1.77 bits per heavy atom. The lowest BCUT2D eigenvalue weighted by atomic mass is 10.2. The molecule has 0 bridgehead atoms. The van der Waals surface area contributed by atoms with E-state index >= 15 is 0 Å². The van der Waals surface area contributed by atoms with Gasteiger partial charge in [0.1, 0.15) is 19.4 Å². The average molecular weight is 184 g/mol. The van der Waals surface area contributed by atoms with Gasteiger partial charge in [0, 0.05) is 13.1 Å².